The summed E-state index contributed by atoms with van der Waals surface area (Å²) in [6.45, 7) is 0.843. The van der Waals surface area contributed by atoms with E-state index in [4.69, 9.17) is 0 Å². The molecule has 0 fully saturated rings. The molecule has 0 aliphatic carbocycles. The Balaban J connectivity index is 1.94. The first-order chi connectivity index (χ1) is 8.65. The second-order valence-electron chi connectivity index (χ2n) is 3.99. The van der Waals surface area contributed by atoms with Crippen LogP contribution in [-0.2, 0) is 16.4 Å². The molecule has 94 valence electrons. The number of nitrogens with one attached hydrogen (secondary N) is 2. The molecule has 0 amide bonds. The summed E-state index contributed by atoms with van der Waals surface area (Å²) >= 11 is 0. The maximum Gasteiger partial charge on any atom is 0.263 e. The molecule has 1 aromatic heterocycles. The molecule has 2 heterocycles. The van der Waals surface area contributed by atoms with E-state index in [0.29, 0.717) is 0 Å². The van der Waals surface area contributed by atoms with Crippen LogP contribution in [0.15, 0.2) is 39.9 Å². The highest BCUT2D eigenvalue weighted by molar-refractivity contribution is 7.92. The van der Waals surface area contributed by atoms with E-state index in [1.165, 1.54) is 12.3 Å². The van der Waals surface area contributed by atoms with Crippen molar-refractivity contribution in [2.75, 3.05) is 16.6 Å². The van der Waals surface area contributed by atoms with Crippen molar-refractivity contribution in [3.05, 3.63) is 36.1 Å². The fourth-order valence-electron chi connectivity index (χ4n) is 1.90. The summed E-state index contributed by atoms with van der Waals surface area (Å²) in [5.41, 5.74) is 2.01. The van der Waals surface area contributed by atoms with E-state index >= 15 is 0 Å². The maximum atomic E-state index is 12.1. The monoisotopic (exact) mass is 265 g/mol. The number of nitrogens with zero attached hydrogens (tertiary/aromatic N) is 1. The number of sulfonamides is 1. The predicted molar refractivity (Wildman–Crippen MR) is 65.9 cm³/mol. The summed E-state index contributed by atoms with van der Waals surface area (Å²) in [4.78, 5) is 0.207. The fraction of sp³-hybridized carbons (Fsp3) is 0.182. The van der Waals surface area contributed by atoms with E-state index in [-0.39, 0.29) is 10.7 Å². The van der Waals surface area contributed by atoms with Crippen LogP contribution in [0.2, 0.25) is 0 Å². The Kier molecular flexibility index (Phi) is 2.48. The van der Waals surface area contributed by atoms with Gasteiger partial charge in [-0.1, -0.05) is 11.2 Å². The number of rotatable bonds is 3. The quantitative estimate of drug-likeness (QED) is 0.877. The molecule has 7 heteroatoms. The van der Waals surface area contributed by atoms with Crippen LogP contribution >= 0.6 is 0 Å². The van der Waals surface area contributed by atoms with E-state index < -0.39 is 10.0 Å². The highest BCUT2D eigenvalue weighted by Gasteiger charge is 2.19. The number of aromatic nitrogens is 1. The van der Waals surface area contributed by atoms with Gasteiger partial charge in [-0.3, -0.25) is 4.72 Å². The molecule has 18 heavy (non-hydrogen) atoms. The molecule has 0 atom stereocenters. The van der Waals surface area contributed by atoms with Gasteiger partial charge in [0.1, 0.15) is 6.26 Å². The third-order valence-corrected chi connectivity index (χ3v) is 4.13. The summed E-state index contributed by atoms with van der Waals surface area (Å²) in [6, 6.07) is 6.49. The second kappa shape index (κ2) is 4.02. The second-order valence-corrected chi connectivity index (χ2v) is 5.67. The van der Waals surface area contributed by atoms with Crippen molar-refractivity contribution in [2.24, 2.45) is 0 Å². The first-order valence-corrected chi connectivity index (χ1v) is 6.93. The maximum absolute atomic E-state index is 12.1. The Hall–Kier alpha value is -2.02. The molecule has 1 aromatic carbocycles. The highest BCUT2D eigenvalue weighted by Crippen LogP contribution is 2.26. The molecule has 0 radical (unpaired) electrons. The summed E-state index contributed by atoms with van der Waals surface area (Å²) in [5, 5.41) is 6.66. The molecule has 2 N–H and O–H groups in total. The standard InChI is InChI=1S/C11H11N3O3S/c15-18(16,14-11-4-6-17-13-11)9-2-1-8-3-5-12-10(8)7-9/h1-2,4,6-7,12H,3,5H2,(H,13,14). The molecule has 0 spiro atoms. The van der Waals surface area contributed by atoms with E-state index in [1.54, 1.807) is 12.1 Å². The average molecular weight is 265 g/mol. The molecule has 2 aromatic rings. The minimum Gasteiger partial charge on any atom is -0.384 e. The first-order valence-electron chi connectivity index (χ1n) is 5.45. The van der Waals surface area contributed by atoms with Gasteiger partial charge in [-0.05, 0) is 24.1 Å². The molecule has 0 saturated carbocycles. The smallest absolute Gasteiger partial charge is 0.263 e. The minimum absolute atomic E-state index is 0.170. The first kappa shape index (κ1) is 11.1. The van der Waals surface area contributed by atoms with Crippen molar-refractivity contribution in [3.8, 4) is 0 Å². The van der Waals surface area contributed by atoms with Crippen LogP contribution in [0.1, 0.15) is 5.56 Å². The molecule has 0 bridgehead atoms. The van der Waals surface area contributed by atoms with Gasteiger partial charge in [0.15, 0.2) is 5.82 Å². The lowest BCUT2D eigenvalue weighted by Crippen LogP contribution is -2.13. The zero-order valence-corrected chi connectivity index (χ0v) is 10.2. The molecular formula is C11H11N3O3S. The van der Waals surface area contributed by atoms with Gasteiger partial charge in [0.2, 0.25) is 0 Å². The van der Waals surface area contributed by atoms with Crippen molar-refractivity contribution >= 4 is 21.5 Å². The molecule has 0 unspecified atom stereocenters. The lowest BCUT2D eigenvalue weighted by molar-refractivity contribution is 0.423. The van der Waals surface area contributed by atoms with Gasteiger partial charge in [-0.2, -0.15) is 0 Å². The summed E-state index contributed by atoms with van der Waals surface area (Å²) in [6.07, 6.45) is 2.23. The van der Waals surface area contributed by atoms with Gasteiger partial charge in [0.25, 0.3) is 10.0 Å². The van der Waals surface area contributed by atoms with E-state index in [9.17, 15) is 8.42 Å². The third-order valence-electron chi connectivity index (χ3n) is 2.78. The van der Waals surface area contributed by atoms with Crippen molar-refractivity contribution in [1.82, 2.24) is 5.16 Å². The van der Waals surface area contributed by atoms with Gasteiger partial charge in [0.05, 0.1) is 4.90 Å². The number of hydrogen-bond acceptors (Lipinski definition) is 5. The van der Waals surface area contributed by atoms with Crippen LogP contribution in [0.4, 0.5) is 11.5 Å². The SMILES string of the molecule is O=S(=O)(Nc1ccon1)c1ccc2c(c1)NCC2. The number of benzene rings is 1. The predicted octanol–water partition coefficient (Wildman–Crippen LogP) is 1.44. The molecule has 1 aliphatic heterocycles. The normalized spacial score (nSPS) is 14.0. The highest BCUT2D eigenvalue weighted by atomic mass is 32.2. The lowest BCUT2D eigenvalue weighted by Gasteiger charge is -2.07. The molecule has 1 aliphatic rings. The summed E-state index contributed by atoms with van der Waals surface area (Å²) in [5.74, 6) is 0.170. The van der Waals surface area contributed by atoms with Crippen LogP contribution in [0, 0.1) is 0 Å². The minimum atomic E-state index is -3.62. The van der Waals surface area contributed by atoms with Gasteiger partial charge in [-0.25, -0.2) is 8.42 Å². The lowest BCUT2D eigenvalue weighted by atomic mass is 10.2. The van der Waals surface area contributed by atoms with E-state index in [0.717, 1.165) is 24.2 Å². The largest absolute Gasteiger partial charge is 0.384 e. The summed E-state index contributed by atoms with van der Waals surface area (Å²) < 4.78 is 31.1. The van der Waals surface area contributed by atoms with Crippen molar-refractivity contribution in [1.29, 1.82) is 0 Å². The zero-order valence-electron chi connectivity index (χ0n) is 9.38. The van der Waals surface area contributed by atoms with E-state index in [2.05, 4.69) is 19.7 Å². The van der Waals surface area contributed by atoms with Gasteiger partial charge < -0.3 is 9.84 Å². The van der Waals surface area contributed by atoms with Crippen molar-refractivity contribution in [2.45, 2.75) is 11.3 Å². The Morgan fingerprint density at radius 2 is 2.22 bits per heavy atom. The molecular weight excluding hydrogens is 254 g/mol. The molecule has 6 nitrogen and oxygen atoms in total. The van der Waals surface area contributed by atoms with E-state index in [1.807, 2.05) is 6.07 Å². The molecule has 0 saturated heterocycles. The fourth-order valence-corrected chi connectivity index (χ4v) is 2.92. The van der Waals surface area contributed by atoms with Crippen LogP contribution in [-0.4, -0.2) is 20.1 Å². The summed E-state index contributed by atoms with van der Waals surface area (Å²) in [7, 11) is -3.62. The van der Waals surface area contributed by atoms with Crippen LogP contribution < -0.4 is 10.0 Å². The van der Waals surface area contributed by atoms with Crippen molar-refractivity contribution < 1.29 is 12.9 Å². The Labute approximate surface area is 104 Å². The topological polar surface area (TPSA) is 84.2 Å². The zero-order chi connectivity index (χ0) is 12.6. The van der Waals surface area contributed by atoms with Gasteiger partial charge in [-0.15, -0.1) is 0 Å². The van der Waals surface area contributed by atoms with Crippen LogP contribution in [0.3, 0.4) is 0 Å². The Bertz CT molecular complexity index is 665. The average Bonchev–Trinajstić information content (AvgIpc) is 2.97. The van der Waals surface area contributed by atoms with Crippen molar-refractivity contribution in [3.63, 3.8) is 0 Å². The van der Waals surface area contributed by atoms with Crippen LogP contribution in [0.5, 0.6) is 0 Å². The number of hydrogen-bond donors (Lipinski definition) is 2. The van der Waals surface area contributed by atoms with Crippen LogP contribution in [0.25, 0.3) is 0 Å². The number of anilines is 2. The Morgan fingerprint density at radius 3 is 3.00 bits per heavy atom. The number of fused-ring (bicyclic) bond motifs is 1. The Morgan fingerprint density at radius 1 is 1.33 bits per heavy atom. The third kappa shape index (κ3) is 1.92. The van der Waals surface area contributed by atoms with Gasteiger partial charge >= 0.3 is 0 Å². The van der Waals surface area contributed by atoms with Gasteiger partial charge in [0, 0.05) is 18.3 Å². The molecule has 3 rings (SSSR count).